The third kappa shape index (κ3) is 2.79. The van der Waals surface area contributed by atoms with E-state index in [1.165, 1.54) is 19.3 Å². The lowest BCUT2D eigenvalue weighted by atomic mass is 10.2. The summed E-state index contributed by atoms with van der Waals surface area (Å²) in [5.74, 6) is 0.854. The first-order chi connectivity index (χ1) is 8.22. The molecule has 0 saturated carbocycles. The van der Waals surface area contributed by atoms with Crippen molar-refractivity contribution in [1.29, 1.82) is 0 Å². The molecular weight excluding hydrogens is 216 g/mol. The molecule has 5 nitrogen and oxygen atoms in total. The van der Waals surface area contributed by atoms with Gasteiger partial charge in [-0.15, -0.1) is 0 Å². The lowest BCUT2D eigenvalue weighted by molar-refractivity contribution is 0.150. The molecule has 0 aromatic carbocycles. The number of aryl methyl sites for hydroxylation is 2. The highest BCUT2D eigenvalue weighted by Gasteiger charge is 2.15. The Balaban J connectivity index is 1.97. The van der Waals surface area contributed by atoms with Gasteiger partial charge in [-0.25, -0.2) is 9.69 Å². The van der Waals surface area contributed by atoms with Crippen LogP contribution in [0.1, 0.15) is 30.5 Å². The monoisotopic (exact) mass is 238 g/mol. The summed E-state index contributed by atoms with van der Waals surface area (Å²) < 4.78 is 7.17. The Bertz CT molecular complexity index is 369. The van der Waals surface area contributed by atoms with Crippen molar-refractivity contribution in [2.45, 2.75) is 32.7 Å². The molecule has 1 saturated heterocycles. The van der Waals surface area contributed by atoms with Crippen molar-refractivity contribution in [3.63, 3.8) is 0 Å². The second kappa shape index (κ2) is 5.51. The third-order valence-corrected chi connectivity index (χ3v) is 3.32. The van der Waals surface area contributed by atoms with Gasteiger partial charge in [0.2, 0.25) is 5.88 Å². The number of methoxy groups -OCH3 is 1. The van der Waals surface area contributed by atoms with Crippen LogP contribution in [0.4, 0.5) is 0 Å². The van der Waals surface area contributed by atoms with E-state index in [1.807, 2.05) is 14.0 Å². The molecule has 0 unspecified atom stereocenters. The molecule has 1 N–H and O–H groups in total. The van der Waals surface area contributed by atoms with Crippen LogP contribution in [0.15, 0.2) is 0 Å². The summed E-state index contributed by atoms with van der Waals surface area (Å²) in [5.41, 5.74) is 5.66. The van der Waals surface area contributed by atoms with Crippen LogP contribution in [0.2, 0.25) is 0 Å². The third-order valence-electron chi connectivity index (χ3n) is 3.32. The number of nitrogens with zero attached hydrogens (tertiary/aromatic N) is 3. The van der Waals surface area contributed by atoms with Crippen molar-refractivity contribution in [1.82, 2.24) is 20.2 Å². The van der Waals surface area contributed by atoms with E-state index in [-0.39, 0.29) is 0 Å². The van der Waals surface area contributed by atoms with Crippen LogP contribution in [0, 0.1) is 6.92 Å². The van der Waals surface area contributed by atoms with Crippen LogP contribution in [-0.2, 0) is 13.6 Å². The minimum atomic E-state index is 0.794. The molecule has 0 amide bonds. The van der Waals surface area contributed by atoms with Crippen molar-refractivity contribution < 1.29 is 4.74 Å². The average molecular weight is 238 g/mol. The van der Waals surface area contributed by atoms with Crippen molar-refractivity contribution in [3.05, 3.63) is 11.3 Å². The molecular formula is C12H22N4O. The molecule has 0 atom stereocenters. The quantitative estimate of drug-likeness (QED) is 0.856. The number of ether oxygens (including phenoxy) is 1. The Morgan fingerprint density at radius 1 is 1.29 bits per heavy atom. The molecule has 96 valence electrons. The summed E-state index contributed by atoms with van der Waals surface area (Å²) in [6.07, 6.45) is 3.93. The summed E-state index contributed by atoms with van der Waals surface area (Å²) in [4.78, 5) is 0. The minimum Gasteiger partial charge on any atom is -0.481 e. The Morgan fingerprint density at radius 2 is 2.00 bits per heavy atom. The Morgan fingerprint density at radius 3 is 2.65 bits per heavy atom. The van der Waals surface area contributed by atoms with Gasteiger partial charge < -0.3 is 4.74 Å². The number of hydrogen-bond donors (Lipinski definition) is 1. The fourth-order valence-corrected chi connectivity index (χ4v) is 2.38. The fraction of sp³-hybridized carbons (Fsp3) is 0.750. The first kappa shape index (κ1) is 12.4. The van der Waals surface area contributed by atoms with Crippen molar-refractivity contribution >= 4 is 0 Å². The molecule has 2 rings (SSSR count). The van der Waals surface area contributed by atoms with Gasteiger partial charge in [0.25, 0.3) is 0 Å². The smallest absolute Gasteiger partial charge is 0.216 e. The standard InChI is InChI=1S/C12H22N4O/c1-10-11(12(17-3)15(2)14-10)9-13-16-7-5-4-6-8-16/h13H,4-9H2,1-3H3. The molecule has 1 aliphatic heterocycles. The maximum Gasteiger partial charge on any atom is 0.216 e. The first-order valence-corrected chi connectivity index (χ1v) is 6.27. The average Bonchev–Trinajstić information content (AvgIpc) is 2.62. The number of piperidine rings is 1. The van der Waals surface area contributed by atoms with E-state index in [1.54, 1.807) is 11.8 Å². The van der Waals surface area contributed by atoms with Crippen LogP contribution in [-0.4, -0.2) is 35.0 Å². The van der Waals surface area contributed by atoms with Gasteiger partial charge in [-0.2, -0.15) is 5.10 Å². The number of aromatic nitrogens is 2. The Hall–Kier alpha value is -1.07. The normalized spacial score (nSPS) is 17.4. The second-order valence-electron chi connectivity index (χ2n) is 4.58. The largest absolute Gasteiger partial charge is 0.481 e. The van der Waals surface area contributed by atoms with E-state index in [0.29, 0.717) is 0 Å². The zero-order valence-corrected chi connectivity index (χ0v) is 11.0. The maximum atomic E-state index is 5.38. The van der Waals surface area contributed by atoms with E-state index in [4.69, 9.17) is 4.74 Å². The zero-order valence-electron chi connectivity index (χ0n) is 11.0. The summed E-state index contributed by atoms with van der Waals surface area (Å²) >= 11 is 0. The maximum absolute atomic E-state index is 5.38. The van der Waals surface area contributed by atoms with Gasteiger partial charge in [0, 0.05) is 26.7 Å². The molecule has 5 heteroatoms. The van der Waals surface area contributed by atoms with Crippen molar-refractivity contribution in [2.75, 3.05) is 20.2 Å². The number of rotatable bonds is 4. The van der Waals surface area contributed by atoms with E-state index < -0.39 is 0 Å². The lowest BCUT2D eigenvalue weighted by Gasteiger charge is -2.27. The van der Waals surface area contributed by atoms with Gasteiger partial charge >= 0.3 is 0 Å². The SMILES string of the molecule is COc1c(CNN2CCCCC2)c(C)nn1C. The fourth-order valence-electron chi connectivity index (χ4n) is 2.38. The van der Waals surface area contributed by atoms with Crippen LogP contribution in [0.25, 0.3) is 0 Å². The molecule has 1 aromatic heterocycles. The van der Waals surface area contributed by atoms with E-state index in [9.17, 15) is 0 Å². The summed E-state index contributed by atoms with van der Waals surface area (Å²) in [6.45, 7) is 5.10. The second-order valence-corrected chi connectivity index (χ2v) is 4.58. The van der Waals surface area contributed by atoms with Crippen LogP contribution in [0.3, 0.4) is 0 Å². The van der Waals surface area contributed by atoms with E-state index >= 15 is 0 Å². The molecule has 1 aliphatic rings. The first-order valence-electron chi connectivity index (χ1n) is 6.27. The van der Waals surface area contributed by atoms with Crippen LogP contribution < -0.4 is 10.2 Å². The summed E-state index contributed by atoms with van der Waals surface area (Å²) in [7, 11) is 3.61. The topological polar surface area (TPSA) is 42.3 Å². The highest BCUT2D eigenvalue weighted by molar-refractivity contribution is 5.30. The molecule has 0 aliphatic carbocycles. The molecule has 1 fully saturated rings. The summed E-state index contributed by atoms with van der Waals surface area (Å²) in [5, 5.41) is 6.68. The predicted molar refractivity (Wildman–Crippen MR) is 66.8 cm³/mol. The molecule has 0 radical (unpaired) electrons. The van der Waals surface area contributed by atoms with Gasteiger partial charge in [0.15, 0.2) is 0 Å². The van der Waals surface area contributed by atoms with Crippen molar-refractivity contribution in [2.24, 2.45) is 7.05 Å². The molecule has 1 aromatic rings. The molecule has 0 bridgehead atoms. The minimum absolute atomic E-state index is 0.794. The molecule has 2 heterocycles. The molecule has 0 spiro atoms. The lowest BCUT2D eigenvalue weighted by Crippen LogP contribution is -2.41. The highest BCUT2D eigenvalue weighted by atomic mass is 16.5. The predicted octanol–water partition coefficient (Wildman–Crippen LogP) is 1.23. The van der Waals surface area contributed by atoms with E-state index in [2.05, 4.69) is 15.5 Å². The van der Waals surface area contributed by atoms with Gasteiger partial charge in [0.05, 0.1) is 18.4 Å². The summed E-state index contributed by atoms with van der Waals surface area (Å²) in [6, 6.07) is 0. The number of hydrogen-bond acceptors (Lipinski definition) is 4. The number of hydrazine groups is 1. The zero-order chi connectivity index (χ0) is 12.3. The Labute approximate surface area is 103 Å². The highest BCUT2D eigenvalue weighted by Crippen LogP contribution is 2.20. The molecule has 17 heavy (non-hydrogen) atoms. The van der Waals surface area contributed by atoms with Gasteiger partial charge in [-0.05, 0) is 19.8 Å². The van der Waals surface area contributed by atoms with Crippen LogP contribution in [0.5, 0.6) is 5.88 Å². The Kier molecular flexibility index (Phi) is 4.02. The van der Waals surface area contributed by atoms with E-state index in [0.717, 1.165) is 36.8 Å². The van der Waals surface area contributed by atoms with Crippen molar-refractivity contribution in [3.8, 4) is 5.88 Å². The number of nitrogens with one attached hydrogen (secondary N) is 1. The van der Waals surface area contributed by atoms with Gasteiger partial charge in [-0.3, -0.25) is 5.43 Å². The van der Waals surface area contributed by atoms with Crippen LogP contribution >= 0.6 is 0 Å². The van der Waals surface area contributed by atoms with Gasteiger partial charge in [0.1, 0.15) is 0 Å². The van der Waals surface area contributed by atoms with Gasteiger partial charge in [-0.1, -0.05) is 6.42 Å².